The molecule has 0 aliphatic rings. The quantitative estimate of drug-likeness (QED) is 0.531. The Morgan fingerprint density at radius 1 is 1.22 bits per heavy atom. The summed E-state index contributed by atoms with van der Waals surface area (Å²) >= 11 is 1.64. The van der Waals surface area contributed by atoms with E-state index in [-0.39, 0.29) is 5.97 Å². The summed E-state index contributed by atoms with van der Waals surface area (Å²) < 4.78 is 6.84. The maximum Gasteiger partial charge on any atom is 0.357 e. The standard InChI is InChI=1S/C18H18N2O2S/c1-4-22-18(21)16-9-12(2)19-20(16)15-10-13-7-5-6-8-14(13)11-17(15)23-3/h5-11H,4H2,1-3H3. The first kappa shape index (κ1) is 15.6. The monoisotopic (exact) mass is 326 g/mol. The van der Waals surface area contributed by atoms with E-state index in [2.05, 4.69) is 29.4 Å². The van der Waals surface area contributed by atoms with Gasteiger partial charge in [0.15, 0.2) is 5.69 Å². The average molecular weight is 326 g/mol. The van der Waals surface area contributed by atoms with E-state index in [9.17, 15) is 4.79 Å². The van der Waals surface area contributed by atoms with E-state index in [1.807, 2.05) is 25.3 Å². The lowest BCUT2D eigenvalue weighted by atomic mass is 10.1. The van der Waals surface area contributed by atoms with Gasteiger partial charge in [-0.3, -0.25) is 0 Å². The van der Waals surface area contributed by atoms with Gasteiger partial charge in [-0.1, -0.05) is 24.3 Å². The third-order valence-corrected chi connectivity index (χ3v) is 4.36. The molecule has 0 fully saturated rings. The largest absolute Gasteiger partial charge is 0.461 e. The van der Waals surface area contributed by atoms with Gasteiger partial charge in [0.25, 0.3) is 0 Å². The molecule has 0 saturated carbocycles. The highest BCUT2D eigenvalue weighted by Gasteiger charge is 2.18. The minimum Gasteiger partial charge on any atom is -0.461 e. The van der Waals surface area contributed by atoms with Crippen molar-refractivity contribution in [2.45, 2.75) is 18.7 Å². The fourth-order valence-electron chi connectivity index (χ4n) is 2.57. The van der Waals surface area contributed by atoms with Crippen molar-refractivity contribution in [3.05, 3.63) is 53.9 Å². The van der Waals surface area contributed by atoms with Crippen LogP contribution in [0.3, 0.4) is 0 Å². The first-order chi connectivity index (χ1) is 11.1. The Balaban J connectivity index is 2.22. The molecule has 0 radical (unpaired) electrons. The van der Waals surface area contributed by atoms with Crippen molar-refractivity contribution in [1.29, 1.82) is 0 Å². The second kappa shape index (κ2) is 6.46. The van der Waals surface area contributed by atoms with Crippen LogP contribution in [-0.4, -0.2) is 28.6 Å². The second-order valence-corrected chi connectivity index (χ2v) is 6.02. The van der Waals surface area contributed by atoms with Crippen LogP contribution in [0.15, 0.2) is 47.4 Å². The molecule has 118 valence electrons. The maximum atomic E-state index is 12.2. The average Bonchev–Trinajstić information content (AvgIpc) is 2.95. The van der Waals surface area contributed by atoms with Crippen molar-refractivity contribution < 1.29 is 9.53 Å². The number of aromatic nitrogens is 2. The molecule has 1 heterocycles. The number of nitrogens with zero attached hydrogens (tertiary/aromatic N) is 2. The Kier molecular flexibility index (Phi) is 4.39. The van der Waals surface area contributed by atoms with E-state index in [4.69, 9.17) is 4.74 Å². The van der Waals surface area contributed by atoms with Crippen LogP contribution < -0.4 is 0 Å². The number of esters is 1. The zero-order chi connectivity index (χ0) is 16.4. The fraction of sp³-hybridized carbons (Fsp3) is 0.222. The zero-order valence-electron chi connectivity index (χ0n) is 13.4. The first-order valence-electron chi connectivity index (χ1n) is 7.45. The van der Waals surface area contributed by atoms with Gasteiger partial charge in [-0.2, -0.15) is 5.10 Å². The number of fused-ring (bicyclic) bond motifs is 1. The minimum atomic E-state index is -0.353. The van der Waals surface area contributed by atoms with Crippen LogP contribution in [0.4, 0.5) is 0 Å². The summed E-state index contributed by atoms with van der Waals surface area (Å²) in [5, 5.41) is 6.78. The number of thioether (sulfide) groups is 1. The van der Waals surface area contributed by atoms with Gasteiger partial charge in [0, 0.05) is 4.90 Å². The van der Waals surface area contributed by atoms with E-state index in [1.165, 1.54) is 5.39 Å². The van der Waals surface area contributed by atoms with Crippen LogP contribution in [0.2, 0.25) is 0 Å². The van der Waals surface area contributed by atoms with Gasteiger partial charge in [0.2, 0.25) is 0 Å². The third-order valence-electron chi connectivity index (χ3n) is 3.59. The predicted octanol–water partition coefficient (Wildman–Crippen LogP) is 4.23. The molecule has 0 unspecified atom stereocenters. The highest BCUT2D eigenvalue weighted by atomic mass is 32.2. The SMILES string of the molecule is CCOC(=O)c1cc(C)nn1-c1cc2ccccc2cc1SC. The van der Waals surface area contributed by atoms with Gasteiger partial charge in [-0.25, -0.2) is 9.48 Å². The number of ether oxygens (including phenoxy) is 1. The molecule has 0 amide bonds. The zero-order valence-corrected chi connectivity index (χ0v) is 14.2. The molecule has 23 heavy (non-hydrogen) atoms. The van der Waals surface area contributed by atoms with E-state index in [0.717, 1.165) is 21.7 Å². The maximum absolute atomic E-state index is 12.2. The first-order valence-corrected chi connectivity index (χ1v) is 8.67. The van der Waals surface area contributed by atoms with Gasteiger partial charge in [-0.05, 0) is 49.1 Å². The van der Waals surface area contributed by atoms with Crippen LogP contribution in [0.25, 0.3) is 16.5 Å². The molecule has 0 spiro atoms. The number of benzene rings is 2. The molecule has 0 bridgehead atoms. The number of hydrogen-bond donors (Lipinski definition) is 0. The highest BCUT2D eigenvalue weighted by Crippen LogP contribution is 2.30. The topological polar surface area (TPSA) is 44.1 Å². The number of rotatable bonds is 4. The minimum absolute atomic E-state index is 0.343. The van der Waals surface area contributed by atoms with Crippen molar-refractivity contribution in [2.24, 2.45) is 0 Å². The molecule has 2 aromatic carbocycles. The van der Waals surface area contributed by atoms with Crippen LogP contribution >= 0.6 is 11.8 Å². The van der Waals surface area contributed by atoms with Gasteiger partial charge < -0.3 is 4.74 Å². The van der Waals surface area contributed by atoms with E-state index in [0.29, 0.717) is 12.3 Å². The molecular formula is C18H18N2O2S. The van der Waals surface area contributed by atoms with Gasteiger partial charge in [-0.15, -0.1) is 11.8 Å². The third kappa shape index (κ3) is 2.97. The summed E-state index contributed by atoms with van der Waals surface area (Å²) in [6.45, 7) is 4.02. The molecule has 0 atom stereocenters. The molecule has 5 heteroatoms. The Bertz CT molecular complexity index is 871. The van der Waals surface area contributed by atoms with Crippen LogP contribution in [0, 0.1) is 6.92 Å². The van der Waals surface area contributed by atoms with Gasteiger partial charge >= 0.3 is 5.97 Å². The Hall–Kier alpha value is -2.27. The molecule has 0 aliphatic heterocycles. The number of hydrogen-bond acceptors (Lipinski definition) is 4. The van der Waals surface area contributed by atoms with E-state index in [1.54, 1.807) is 29.4 Å². The highest BCUT2D eigenvalue weighted by molar-refractivity contribution is 7.98. The van der Waals surface area contributed by atoms with Crippen LogP contribution in [0.5, 0.6) is 0 Å². The van der Waals surface area contributed by atoms with Crippen molar-refractivity contribution in [3.8, 4) is 5.69 Å². The molecule has 0 aliphatic carbocycles. The van der Waals surface area contributed by atoms with E-state index >= 15 is 0 Å². The summed E-state index contributed by atoms with van der Waals surface area (Å²) in [4.78, 5) is 13.3. The molecule has 3 rings (SSSR count). The van der Waals surface area contributed by atoms with Crippen molar-refractivity contribution >= 4 is 28.5 Å². The Morgan fingerprint density at radius 3 is 2.57 bits per heavy atom. The number of aryl methyl sites for hydroxylation is 1. The van der Waals surface area contributed by atoms with Crippen LogP contribution in [-0.2, 0) is 4.74 Å². The predicted molar refractivity (Wildman–Crippen MR) is 93.5 cm³/mol. The molecule has 0 N–H and O–H groups in total. The molecule has 3 aromatic rings. The van der Waals surface area contributed by atoms with Gasteiger partial charge in [0.05, 0.1) is 18.0 Å². The molecule has 0 saturated heterocycles. The lowest BCUT2D eigenvalue weighted by Gasteiger charge is -2.12. The Labute approximate surface area is 139 Å². The summed E-state index contributed by atoms with van der Waals surface area (Å²) in [7, 11) is 0. The summed E-state index contributed by atoms with van der Waals surface area (Å²) in [6.07, 6.45) is 2.02. The van der Waals surface area contributed by atoms with Crippen molar-refractivity contribution in [3.63, 3.8) is 0 Å². The normalized spacial score (nSPS) is 10.9. The van der Waals surface area contributed by atoms with Crippen molar-refractivity contribution in [2.75, 3.05) is 12.9 Å². The lowest BCUT2D eigenvalue weighted by molar-refractivity contribution is 0.0515. The smallest absolute Gasteiger partial charge is 0.357 e. The summed E-state index contributed by atoms with van der Waals surface area (Å²) in [6, 6.07) is 14.1. The molecular weight excluding hydrogens is 308 g/mol. The second-order valence-electron chi connectivity index (χ2n) is 5.17. The molecule has 4 nitrogen and oxygen atoms in total. The Morgan fingerprint density at radius 2 is 1.91 bits per heavy atom. The fourth-order valence-corrected chi connectivity index (χ4v) is 3.17. The van der Waals surface area contributed by atoms with E-state index < -0.39 is 0 Å². The van der Waals surface area contributed by atoms with Crippen LogP contribution in [0.1, 0.15) is 23.1 Å². The summed E-state index contributed by atoms with van der Waals surface area (Å²) in [5.41, 5.74) is 2.13. The van der Waals surface area contributed by atoms with Crippen molar-refractivity contribution in [1.82, 2.24) is 9.78 Å². The number of carbonyl (C=O) groups excluding carboxylic acids is 1. The number of carbonyl (C=O) groups is 1. The summed E-state index contributed by atoms with van der Waals surface area (Å²) in [5.74, 6) is -0.353. The van der Waals surface area contributed by atoms with Gasteiger partial charge in [0.1, 0.15) is 0 Å². The molecule has 1 aromatic heterocycles. The lowest BCUT2D eigenvalue weighted by Crippen LogP contribution is -2.12.